The summed E-state index contributed by atoms with van der Waals surface area (Å²) in [7, 11) is 0. The molecule has 0 saturated carbocycles. The van der Waals surface area contributed by atoms with Crippen molar-refractivity contribution in [3.8, 4) is 5.75 Å². The quantitative estimate of drug-likeness (QED) is 0.903. The van der Waals surface area contributed by atoms with Crippen LogP contribution in [0.3, 0.4) is 0 Å². The number of carbonyl (C=O) groups excluding carboxylic acids is 1. The third-order valence-electron chi connectivity index (χ3n) is 4.20. The van der Waals surface area contributed by atoms with Crippen molar-refractivity contribution < 1.29 is 19.4 Å². The van der Waals surface area contributed by atoms with E-state index >= 15 is 0 Å². The van der Waals surface area contributed by atoms with Gasteiger partial charge >= 0.3 is 5.97 Å². The van der Waals surface area contributed by atoms with E-state index in [4.69, 9.17) is 21.4 Å². The monoisotopic (exact) mass is 359 g/mol. The summed E-state index contributed by atoms with van der Waals surface area (Å²) in [5.74, 6) is -0.416. The van der Waals surface area contributed by atoms with Crippen LogP contribution in [-0.4, -0.2) is 41.1 Å². The number of amides is 1. The van der Waals surface area contributed by atoms with Gasteiger partial charge in [-0.15, -0.1) is 0 Å². The van der Waals surface area contributed by atoms with E-state index in [0.29, 0.717) is 23.7 Å². The summed E-state index contributed by atoms with van der Waals surface area (Å²) in [5.41, 5.74) is 0.517. The number of carboxylic acid groups (broad SMARTS) is 1. The number of aromatic carboxylic acids is 1. The summed E-state index contributed by atoms with van der Waals surface area (Å²) in [4.78, 5) is 25.3. The highest BCUT2D eigenvalue weighted by Gasteiger charge is 2.25. The average Bonchev–Trinajstić information content (AvgIpc) is 2.64. The second kappa shape index (κ2) is 7.57. The standard InChI is InChI=1S/C19H18ClNO4/c20-15-4-6-16(7-5-15)25-17-8-10-21(11-9-17)18(22)13-2-1-3-14(12-13)19(23)24/h1-7,12,17H,8-11H2,(H,23,24). The summed E-state index contributed by atoms with van der Waals surface area (Å²) in [5, 5.41) is 9.71. The first kappa shape index (κ1) is 17.3. The van der Waals surface area contributed by atoms with Gasteiger partial charge in [-0.05, 0) is 42.5 Å². The summed E-state index contributed by atoms with van der Waals surface area (Å²) in [6.07, 6.45) is 1.51. The molecule has 0 aromatic heterocycles. The topological polar surface area (TPSA) is 66.8 Å². The Kier molecular flexibility index (Phi) is 5.24. The molecule has 6 heteroatoms. The number of benzene rings is 2. The maximum absolute atomic E-state index is 12.6. The van der Waals surface area contributed by atoms with Gasteiger partial charge in [-0.2, -0.15) is 0 Å². The highest BCUT2D eigenvalue weighted by atomic mass is 35.5. The van der Waals surface area contributed by atoms with Crippen molar-refractivity contribution in [2.75, 3.05) is 13.1 Å². The Labute approximate surface area is 150 Å². The van der Waals surface area contributed by atoms with E-state index in [1.54, 1.807) is 29.2 Å². The fourth-order valence-corrected chi connectivity index (χ4v) is 2.98. The van der Waals surface area contributed by atoms with Crippen molar-refractivity contribution in [2.45, 2.75) is 18.9 Å². The van der Waals surface area contributed by atoms with Crippen LogP contribution in [0.15, 0.2) is 48.5 Å². The van der Waals surface area contributed by atoms with Crippen molar-refractivity contribution >= 4 is 23.5 Å². The van der Waals surface area contributed by atoms with Crippen molar-refractivity contribution in [3.63, 3.8) is 0 Å². The molecule has 0 spiro atoms. The molecule has 1 fully saturated rings. The molecular formula is C19H18ClNO4. The van der Waals surface area contributed by atoms with Gasteiger partial charge in [0, 0.05) is 36.5 Å². The number of nitrogens with zero attached hydrogens (tertiary/aromatic N) is 1. The normalized spacial score (nSPS) is 15.0. The number of likely N-dealkylation sites (tertiary alicyclic amines) is 1. The molecule has 0 aliphatic carbocycles. The van der Waals surface area contributed by atoms with E-state index in [2.05, 4.69) is 0 Å². The largest absolute Gasteiger partial charge is 0.490 e. The molecule has 5 nitrogen and oxygen atoms in total. The number of piperidine rings is 1. The highest BCUT2D eigenvalue weighted by Crippen LogP contribution is 2.22. The number of hydrogen-bond acceptors (Lipinski definition) is 3. The van der Waals surface area contributed by atoms with Crippen molar-refractivity contribution in [2.24, 2.45) is 0 Å². The van der Waals surface area contributed by atoms with Gasteiger partial charge in [-0.3, -0.25) is 4.79 Å². The average molecular weight is 360 g/mol. The third-order valence-corrected chi connectivity index (χ3v) is 4.45. The molecule has 1 aliphatic rings. The Balaban J connectivity index is 1.58. The molecule has 1 amide bonds. The molecule has 1 saturated heterocycles. The zero-order chi connectivity index (χ0) is 17.8. The number of hydrogen-bond donors (Lipinski definition) is 1. The van der Waals surface area contributed by atoms with Crippen molar-refractivity contribution in [1.82, 2.24) is 4.90 Å². The minimum atomic E-state index is -1.04. The van der Waals surface area contributed by atoms with E-state index < -0.39 is 5.97 Å². The Morgan fingerprint density at radius 2 is 1.68 bits per heavy atom. The van der Waals surface area contributed by atoms with Crippen LogP contribution < -0.4 is 4.74 Å². The van der Waals surface area contributed by atoms with E-state index in [0.717, 1.165) is 18.6 Å². The lowest BCUT2D eigenvalue weighted by Gasteiger charge is -2.32. The van der Waals surface area contributed by atoms with E-state index in [9.17, 15) is 9.59 Å². The van der Waals surface area contributed by atoms with Crippen LogP contribution in [0.25, 0.3) is 0 Å². The predicted octanol–water partition coefficient (Wildman–Crippen LogP) is 3.72. The number of rotatable bonds is 4. The van der Waals surface area contributed by atoms with Crippen LogP contribution >= 0.6 is 11.6 Å². The first-order valence-corrected chi connectivity index (χ1v) is 8.45. The Morgan fingerprint density at radius 3 is 2.32 bits per heavy atom. The maximum Gasteiger partial charge on any atom is 0.335 e. The van der Waals surface area contributed by atoms with Gasteiger partial charge in [0.25, 0.3) is 5.91 Å². The predicted molar refractivity (Wildman–Crippen MR) is 94.4 cm³/mol. The molecule has 2 aromatic carbocycles. The molecule has 3 rings (SSSR count). The Morgan fingerprint density at radius 1 is 1.04 bits per heavy atom. The fourth-order valence-electron chi connectivity index (χ4n) is 2.85. The molecule has 0 unspecified atom stereocenters. The first-order chi connectivity index (χ1) is 12.0. The molecule has 1 N–H and O–H groups in total. The van der Waals surface area contributed by atoms with Crippen LogP contribution in [0.1, 0.15) is 33.6 Å². The zero-order valence-electron chi connectivity index (χ0n) is 13.5. The van der Waals surface area contributed by atoms with Gasteiger partial charge in [-0.1, -0.05) is 17.7 Å². The second-order valence-corrected chi connectivity index (χ2v) is 6.39. The first-order valence-electron chi connectivity index (χ1n) is 8.08. The smallest absolute Gasteiger partial charge is 0.335 e. The van der Waals surface area contributed by atoms with E-state index in [1.165, 1.54) is 12.1 Å². The zero-order valence-corrected chi connectivity index (χ0v) is 14.3. The van der Waals surface area contributed by atoms with Gasteiger partial charge in [0.15, 0.2) is 0 Å². The van der Waals surface area contributed by atoms with Gasteiger partial charge in [0.2, 0.25) is 0 Å². The third kappa shape index (κ3) is 4.31. The second-order valence-electron chi connectivity index (χ2n) is 5.95. The molecular weight excluding hydrogens is 342 g/mol. The SMILES string of the molecule is O=C(O)c1cccc(C(=O)N2CCC(Oc3ccc(Cl)cc3)CC2)c1. The van der Waals surface area contributed by atoms with Gasteiger partial charge < -0.3 is 14.7 Å². The molecule has 1 aliphatic heterocycles. The van der Waals surface area contributed by atoms with Gasteiger partial charge in [-0.25, -0.2) is 4.79 Å². The highest BCUT2D eigenvalue weighted by molar-refractivity contribution is 6.30. The summed E-state index contributed by atoms with van der Waals surface area (Å²) >= 11 is 5.86. The van der Waals surface area contributed by atoms with Crippen molar-refractivity contribution in [3.05, 3.63) is 64.7 Å². The minimum Gasteiger partial charge on any atom is -0.490 e. The molecule has 0 bridgehead atoms. The Bertz CT molecular complexity index is 767. The maximum atomic E-state index is 12.6. The number of halogens is 1. The van der Waals surface area contributed by atoms with Crippen LogP contribution in [0.5, 0.6) is 5.75 Å². The number of ether oxygens (including phenoxy) is 1. The number of carbonyl (C=O) groups is 2. The molecule has 1 heterocycles. The lowest BCUT2D eigenvalue weighted by Crippen LogP contribution is -2.41. The van der Waals surface area contributed by atoms with E-state index in [1.807, 2.05) is 12.1 Å². The summed E-state index contributed by atoms with van der Waals surface area (Å²) in [6, 6.07) is 13.4. The van der Waals surface area contributed by atoms with Gasteiger partial charge in [0.1, 0.15) is 11.9 Å². The molecule has 0 radical (unpaired) electrons. The molecule has 25 heavy (non-hydrogen) atoms. The summed E-state index contributed by atoms with van der Waals surface area (Å²) in [6.45, 7) is 1.16. The van der Waals surface area contributed by atoms with Crippen LogP contribution in [-0.2, 0) is 0 Å². The lowest BCUT2D eigenvalue weighted by atomic mass is 10.0. The Hall–Kier alpha value is -2.53. The van der Waals surface area contributed by atoms with E-state index in [-0.39, 0.29) is 17.6 Å². The van der Waals surface area contributed by atoms with Crippen LogP contribution in [0.4, 0.5) is 0 Å². The molecule has 130 valence electrons. The molecule has 2 aromatic rings. The van der Waals surface area contributed by atoms with Gasteiger partial charge in [0.05, 0.1) is 5.56 Å². The molecule has 0 atom stereocenters. The number of carboxylic acids is 1. The van der Waals surface area contributed by atoms with Crippen LogP contribution in [0.2, 0.25) is 5.02 Å². The lowest BCUT2D eigenvalue weighted by molar-refractivity contribution is 0.0595. The van der Waals surface area contributed by atoms with Crippen molar-refractivity contribution in [1.29, 1.82) is 0 Å². The summed E-state index contributed by atoms with van der Waals surface area (Å²) < 4.78 is 5.92. The van der Waals surface area contributed by atoms with Crippen LogP contribution in [0, 0.1) is 0 Å². The minimum absolute atomic E-state index is 0.0515. The fraction of sp³-hybridized carbons (Fsp3) is 0.263.